The van der Waals surface area contributed by atoms with Crippen LogP contribution in [0.25, 0.3) is 49.7 Å². The Bertz CT molecular complexity index is 4390. The number of nitrogens with zero attached hydrogens (tertiary/aromatic N) is 4. The fraction of sp³-hybridized carbons (Fsp3) is 0.191. The average molecular weight is 1140 g/mol. The Morgan fingerprint density at radius 3 is 1.32 bits per heavy atom. The molecule has 0 atom stereocenters. The van der Waals surface area contributed by atoms with E-state index in [9.17, 15) is 21.6 Å². The van der Waals surface area contributed by atoms with Crippen LogP contribution in [0.3, 0.4) is 0 Å². The first-order valence-corrected chi connectivity index (χ1v) is 30.0. The minimum absolute atomic E-state index is 0.186. The molecular weight excluding hydrogens is 1080 g/mol. The lowest BCUT2D eigenvalue weighted by atomic mass is 9.95. The summed E-state index contributed by atoms with van der Waals surface area (Å²) in [7, 11) is -3.35. The highest BCUT2D eigenvalue weighted by Gasteiger charge is 2.22. The number of furan rings is 3. The first kappa shape index (κ1) is 55.1. The van der Waals surface area contributed by atoms with E-state index in [0.717, 1.165) is 122 Å². The molecule has 3 N–H and O–H groups in total. The maximum absolute atomic E-state index is 14.7. The summed E-state index contributed by atoms with van der Waals surface area (Å²) < 4.78 is 87.0. The van der Waals surface area contributed by atoms with E-state index in [4.69, 9.17) is 13.3 Å². The number of hydrogen-bond acceptors (Lipinski definition) is 11. The van der Waals surface area contributed by atoms with Crippen molar-refractivity contribution in [1.29, 1.82) is 0 Å². The van der Waals surface area contributed by atoms with Crippen molar-refractivity contribution >= 4 is 60.3 Å². The van der Waals surface area contributed by atoms with Crippen molar-refractivity contribution in [3.8, 4) is 16.8 Å². The van der Waals surface area contributed by atoms with Gasteiger partial charge in [-0.3, -0.25) is 15.0 Å². The van der Waals surface area contributed by atoms with Gasteiger partial charge in [-0.2, -0.15) is 0 Å². The molecule has 0 saturated heterocycles. The number of hydrogen-bond donors (Lipinski definition) is 3. The maximum Gasteiger partial charge on any atom is 0.175 e. The third kappa shape index (κ3) is 12.1. The highest BCUT2D eigenvalue weighted by Crippen LogP contribution is 2.32. The number of nitrogens with one attached hydrogen (secondary N) is 3. The Kier molecular flexibility index (Phi) is 16.1. The molecular formula is C68H60F3N7O5S. The van der Waals surface area contributed by atoms with Crippen molar-refractivity contribution < 1.29 is 34.8 Å². The minimum Gasteiger partial charge on any atom is -0.464 e. The molecule has 0 bridgehead atoms. The van der Waals surface area contributed by atoms with Gasteiger partial charge in [0.25, 0.3) is 0 Å². The number of fused-ring (bicyclic) bond motifs is 3. The minimum atomic E-state index is -3.35. The van der Waals surface area contributed by atoms with Crippen LogP contribution in [-0.4, -0.2) is 76.0 Å². The van der Waals surface area contributed by atoms with E-state index in [1.54, 1.807) is 48.9 Å². The van der Waals surface area contributed by atoms with Crippen molar-refractivity contribution in [2.24, 2.45) is 15.0 Å². The third-order valence-corrected chi connectivity index (χ3v) is 16.4. The van der Waals surface area contributed by atoms with Gasteiger partial charge in [0.1, 0.15) is 51.7 Å². The van der Waals surface area contributed by atoms with Crippen LogP contribution < -0.4 is 16.0 Å². The molecule has 11 aromatic rings. The summed E-state index contributed by atoms with van der Waals surface area (Å²) in [5.41, 5.74) is 13.1. The fourth-order valence-corrected chi connectivity index (χ4v) is 12.0. The van der Waals surface area contributed by atoms with Gasteiger partial charge < -0.3 is 33.8 Å². The fourth-order valence-electron chi connectivity index (χ4n) is 11.3. The molecule has 0 fully saturated rings. The van der Waals surface area contributed by atoms with E-state index in [1.807, 2.05) is 73.1 Å². The second-order valence-electron chi connectivity index (χ2n) is 20.8. The van der Waals surface area contributed by atoms with Crippen LogP contribution in [0.15, 0.2) is 216 Å². The molecule has 0 amide bonds. The number of amidine groups is 3. The molecule has 84 heavy (non-hydrogen) atoms. The van der Waals surface area contributed by atoms with Gasteiger partial charge in [-0.25, -0.2) is 21.6 Å². The zero-order valence-electron chi connectivity index (χ0n) is 46.2. The van der Waals surface area contributed by atoms with Crippen LogP contribution in [0, 0.1) is 17.5 Å². The van der Waals surface area contributed by atoms with Crippen LogP contribution >= 0.6 is 0 Å². The second kappa shape index (κ2) is 24.6. The SMILES string of the molecule is CS(=O)(=O)c1cc(CCc2c(F)cccc2C2=NCCN2)c2occc2c1.Fc1cccc(C2=NCCN2)c1CCc1cc(-c2ccccc2)cc2ccoc12.Fc1cccc(C2=NCCN2)c1CCc1cc(-n2cccc2)cc2ccoc12. The highest BCUT2D eigenvalue weighted by molar-refractivity contribution is 7.90. The zero-order chi connectivity index (χ0) is 57.6. The molecule has 3 aliphatic rings. The van der Waals surface area contributed by atoms with Crippen LogP contribution in [-0.2, 0) is 48.4 Å². The number of benzene rings is 7. The summed E-state index contributed by atoms with van der Waals surface area (Å²) in [5, 5.41) is 12.5. The summed E-state index contributed by atoms with van der Waals surface area (Å²) in [5.74, 6) is 1.62. The summed E-state index contributed by atoms with van der Waals surface area (Å²) in [4.78, 5) is 13.6. The number of sulfone groups is 1. The first-order chi connectivity index (χ1) is 41.0. The van der Waals surface area contributed by atoms with E-state index in [-0.39, 0.29) is 22.3 Å². The van der Waals surface area contributed by atoms with E-state index < -0.39 is 9.84 Å². The predicted molar refractivity (Wildman–Crippen MR) is 326 cm³/mol. The molecule has 0 unspecified atom stereocenters. The Hall–Kier alpha value is -9.41. The Morgan fingerprint density at radius 1 is 0.452 bits per heavy atom. The van der Waals surface area contributed by atoms with Crippen LogP contribution in [0.4, 0.5) is 13.2 Å². The zero-order valence-corrected chi connectivity index (χ0v) is 47.0. The van der Waals surface area contributed by atoms with Crippen molar-refractivity contribution in [2.45, 2.75) is 43.4 Å². The predicted octanol–water partition coefficient (Wildman–Crippen LogP) is 13.0. The molecule has 12 nitrogen and oxygen atoms in total. The van der Waals surface area contributed by atoms with Crippen LogP contribution in [0.1, 0.15) is 50.1 Å². The monoisotopic (exact) mass is 1140 g/mol. The molecule has 7 aromatic carbocycles. The van der Waals surface area contributed by atoms with Gasteiger partial charge in [0.05, 0.1) is 43.3 Å². The van der Waals surface area contributed by atoms with Gasteiger partial charge in [-0.05, 0) is 168 Å². The second-order valence-corrected chi connectivity index (χ2v) is 22.9. The molecule has 0 saturated carbocycles. The van der Waals surface area contributed by atoms with Crippen molar-refractivity contribution in [1.82, 2.24) is 20.5 Å². The molecule has 0 aliphatic carbocycles. The lowest BCUT2D eigenvalue weighted by Crippen LogP contribution is -2.21. The number of halogens is 3. The molecule has 7 heterocycles. The van der Waals surface area contributed by atoms with E-state index in [2.05, 4.69) is 71.9 Å². The van der Waals surface area contributed by atoms with Crippen molar-refractivity contribution in [2.75, 3.05) is 45.5 Å². The summed E-state index contributed by atoms with van der Waals surface area (Å²) >= 11 is 0. The largest absolute Gasteiger partial charge is 0.464 e. The highest BCUT2D eigenvalue weighted by atomic mass is 32.2. The van der Waals surface area contributed by atoms with Gasteiger partial charge in [-0.15, -0.1) is 0 Å². The Balaban J connectivity index is 0.000000124. The van der Waals surface area contributed by atoms with E-state index >= 15 is 0 Å². The van der Waals surface area contributed by atoms with E-state index in [1.165, 1.54) is 30.7 Å². The molecule has 3 aliphatic heterocycles. The Morgan fingerprint density at radius 2 is 0.881 bits per heavy atom. The normalized spacial score (nSPS) is 13.8. The van der Waals surface area contributed by atoms with E-state index in [0.29, 0.717) is 73.2 Å². The summed E-state index contributed by atoms with van der Waals surface area (Å²) in [6, 6.07) is 47.1. The lowest BCUT2D eigenvalue weighted by Gasteiger charge is -2.12. The quantitative estimate of drug-likeness (QED) is 0.0918. The van der Waals surface area contributed by atoms with Gasteiger partial charge >= 0.3 is 0 Å². The molecule has 0 radical (unpaired) electrons. The van der Waals surface area contributed by atoms with Gasteiger partial charge in [0.15, 0.2) is 9.84 Å². The van der Waals surface area contributed by atoms with Gasteiger partial charge in [0, 0.05) is 76.8 Å². The number of rotatable bonds is 15. The molecule has 16 heteroatoms. The Labute approximate surface area is 484 Å². The lowest BCUT2D eigenvalue weighted by molar-refractivity contribution is 0.598. The van der Waals surface area contributed by atoms with Crippen LogP contribution in [0.5, 0.6) is 0 Å². The summed E-state index contributed by atoms with van der Waals surface area (Å²) in [6.07, 6.45) is 13.6. The van der Waals surface area contributed by atoms with Crippen molar-refractivity contribution in [3.05, 3.63) is 250 Å². The number of aromatic nitrogens is 1. The van der Waals surface area contributed by atoms with Crippen LogP contribution in [0.2, 0.25) is 0 Å². The molecule has 424 valence electrons. The number of aliphatic imine (C=N–C) groups is 3. The smallest absolute Gasteiger partial charge is 0.175 e. The third-order valence-electron chi connectivity index (χ3n) is 15.4. The standard InChI is InChI=1S/C25H21FN2O.C23H20FN3O.C20H19FN2O3S/c26-23-8-4-7-22(25-27-12-13-28-25)21(23)10-9-18-15-20(17-5-2-1-3-6-17)16-19-11-14-29-24(18)19;24-21-5-3-4-20(23-25-9-10-26-23)19(21)7-6-16-14-18(27-11-1-2-12-27)15-17-8-13-28-22(16)17;1-27(24,25)15-11-13(19-14(12-15)7-10-26-19)5-6-16-17(3-2-4-18(16)21)20-22-8-9-23-20/h1-8,11,14-16H,9-10,12-13H2,(H,27,28);1-5,8,11-15H,6-7,9-10H2,(H,25,26);2-4,7,10-12H,5-6,8-9H2,1H3,(H,22,23). The molecule has 14 rings (SSSR count). The van der Waals surface area contributed by atoms with Crippen molar-refractivity contribution in [3.63, 3.8) is 0 Å². The first-order valence-electron chi connectivity index (χ1n) is 28.1. The topological polar surface area (TPSA) is 152 Å². The average Bonchev–Trinajstić information content (AvgIpc) is 3.97. The van der Waals surface area contributed by atoms with Gasteiger partial charge in [-0.1, -0.05) is 66.7 Å². The maximum atomic E-state index is 14.7. The number of aryl methyl sites for hydroxylation is 3. The van der Waals surface area contributed by atoms with Gasteiger partial charge in [0.2, 0.25) is 0 Å². The summed E-state index contributed by atoms with van der Waals surface area (Å²) in [6.45, 7) is 4.49. The molecule has 4 aromatic heterocycles. The molecule has 0 spiro atoms.